The first-order valence-corrected chi connectivity index (χ1v) is 14.6. The Morgan fingerprint density at radius 3 is 2.22 bits per heavy atom. The van der Waals surface area contributed by atoms with Crippen LogP contribution in [0.1, 0.15) is 16.7 Å². The van der Waals surface area contributed by atoms with Crippen molar-refractivity contribution in [2.75, 3.05) is 24.2 Å². The highest BCUT2D eigenvalue weighted by Crippen LogP contribution is 2.28. The number of carbonyl (C=O) groups excluding carboxylic acids is 2. The van der Waals surface area contributed by atoms with Crippen LogP contribution in [-0.2, 0) is 32.6 Å². The Kier molecular flexibility index (Phi) is 9.75. The Hall–Kier alpha value is -2.88. The minimum absolute atomic E-state index is 0.114. The van der Waals surface area contributed by atoms with Crippen molar-refractivity contribution >= 4 is 55.1 Å². The molecule has 7 nitrogen and oxygen atoms in total. The van der Waals surface area contributed by atoms with Crippen molar-refractivity contribution in [3.05, 3.63) is 99.0 Å². The molecular weight excluding hydrogens is 578 g/mol. The fourth-order valence-electron chi connectivity index (χ4n) is 3.97. The van der Waals surface area contributed by atoms with Crippen LogP contribution in [0.5, 0.6) is 0 Å². The van der Waals surface area contributed by atoms with Crippen LogP contribution in [0.3, 0.4) is 0 Å². The van der Waals surface area contributed by atoms with Gasteiger partial charge in [0.2, 0.25) is 21.8 Å². The predicted molar refractivity (Wildman–Crippen MR) is 151 cm³/mol. The van der Waals surface area contributed by atoms with Gasteiger partial charge in [0.05, 0.1) is 11.9 Å². The van der Waals surface area contributed by atoms with Crippen molar-refractivity contribution in [2.24, 2.45) is 0 Å². The SMILES string of the molecule is CNC(=O)C(Cc1ccccc1)N(Cc1ccc(Br)cc1)C(=O)CN(c1cccc(Cl)c1C)S(C)(=O)=O. The van der Waals surface area contributed by atoms with Crippen LogP contribution in [0.25, 0.3) is 0 Å². The zero-order valence-corrected chi connectivity index (χ0v) is 24.0. The number of amides is 2. The number of carbonyl (C=O) groups is 2. The standard InChI is InChI=1S/C27H29BrClN3O4S/c1-19-23(29)10-7-11-24(19)32(37(3,35)36)18-26(33)31(17-21-12-14-22(28)15-13-21)25(27(34)30-2)16-20-8-5-4-6-9-20/h4-15,25H,16-18H2,1-3H3,(H,30,34). The van der Waals surface area contributed by atoms with Gasteiger partial charge in [0.25, 0.3) is 0 Å². The van der Waals surface area contributed by atoms with Gasteiger partial charge in [-0.1, -0.05) is 76.1 Å². The second-order valence-corrected chi connectivity index (χ2v) is 11.9. The third-order valence-electron chi connectivity index (χ3n) is 5.97. The molecule has 1 atom stereocenters. The summed E-state index contributed by atoms with van der Waals surface area (Å²) in [5.74, 6) is -0.864. The number of halogens is 2. The van der Waals surface area contributed by atoms with E-state index < -0.39 is 28.5 Å². The number of hydrogen-bond acceptors (Lipinski definition) is 4. The van der Waals surface area contributed by atoms with Crippen molar-refractivity contribution in [3.8, 4) is 0 Å². The molecule has 0 spiro atoms. The number of rotatable bonds is 10. The number of sulfonamides is 1. The maximum atomic E-state index is 13.9. The van der Waals surface area contributed by atoms with Gasteiger partial charge >= 0.3 is 0 Å². The van der Waals surface area contributed by atoms with Crippen molar-refractivity contribution in [1.82, 2.24) is 10.2 Å². The lowest BCUT2D eigenvalue weighted by atomic mass is 10.0. The first-order chi connectivity index (χ1) is 17.5. The number of nitrogens with one attached hydrogen (secondary N) is 1. The summed E-state index contributed by atoms with van der Waals surface area (Å²) in [6, 6.07) is 20.8. The van der Waals surface area contributed by atoms with Crippen LogP contribution in [0.4, 0.5) is 5.69 Å². The molecule has 0 bridgehead atoms. The van der Waals surface area contributed by atoms with Gasteiger partial charge in [0.15, 0.2) is 0 Å². The van der Waals surface area contributed by atoms with E-state index in [2.05, 4.69) is 21.2 Å². The lowest BCUT2D eigenvalue weighted by molar-refractivity contribution is -0.139. The average Bonchev–Trinajstić information content (AvgIpc) is 2.87. The zero-order chi connectivity index (χ0) is 27.2. The van der Waals surface area contributed by atoms with E-state index in [1.165, 1.54) is 11.9 Å². The van der Waals surface area contributed by atoms with Crippen molar-refractivity contribution < 1.29 is 18.0 Å². The molecule has 0 aliphatic heterocycles. The summed E-state index contributed by atoms with van der Waals surface area (Å²) in [6.07, 6.45) is 1.30. The summed E-state index contributed by atoms with van der Waals surface area (Å²) in [4.78, 5) is 28.4. The molecule has 0 aliphatic carbocycles. The molecule has 0 radical (unpaired) electrons. The zero-order valence-electron chi connectivity index (χ0n) is 20.8. The monoisotopic (exact) mass is 605 g/mol. The molecule has 10 heteroatoms. The summed E-state index contributed by atoms with van der Waals surface area (Å²) in [7, 11) is -2.34. The van der Waals surface area contributed by atoms with Gasteiger partial charge in [0, 0.05) is 29.5 Å². The fraction of sp³-hybridized carbons (Fsp3) is 0.259. The molecule has 3 aromatic rings. The lowest BCUT2D eigenvalue weighted by Crippen LogP contribution is -2.53. The molecule has 0 heterocycles. The first-order valence-electron chi connectivity index (χ1n) is 11.5. The lowest BCUT2D eigenvalue weighted by Gasteiger charge is -2.33. The van der Waals surface area contributed by atoms with Crippen molar-refractivity contribution in [1.29, 1.82) is 0 Å². The maximum absolute atomic E-state index is 13.9. The topological polar surface area (TPSA) is 86.8 Å². The highest BCUT2D eigenvalue weighted by molar-refractivity contribution is 9.10. The predicted octanol–water partition coefficient (Wildman–Crippen LogP) is 4.56. The van der Waals surface area contributed by atoms with Gasteiger partial charge in [0.1, 0.15) is 12.6 Å². The molecule has 1 unspecified atom stereocenters. The van der Waals surface area contributed by atoms with E-state index in [9.17, 15) is 18.0 Å². The Labute approximate surface area is 231 Å². The molecule has 0 aromatic heterocycles. The van der Waals surface area contributed by atoms with Crippen LogP contribution >= 0.6 is 27.5 Å². The number of likely N-dealkylation sites (N-methyl/N-ethyl adjacent to an activating group) is 1. The molecule has 0 fully saturated rings. The minimum atomic E-state index is -3.85. The summed E-state index contributed by atoms with van der Waals surface area (Å²) >= 11 is 9.67. The molecule has 3 rings (SSSR count). The van der Waals surface area contributed by atoms with E-state index >= 15 is 0 Å². The highest BCUT2D eigenvalue weighted by atomic mass is 79.9. The smallest absolute Gasteiger partial charge is 0.244 e. The molecule has 0 saturated heterocycles. The fourth-order valence-corrected chi connectivity index (χ4v) is 5.30. The molecule has 0 aliphatic rings. The third kappa shape index (κ3) is 7.56. The Bertz CT molecular complexity index is 1350. The van der Waals surface area contributed by atoms with E-state index in [-0.39, 0.29) is 18.9 Å². The van der Waals surface area contributed by atoms with Crippen molar-refractivity contribution in [2.45, 2.75) is 25.9 Å². The average molecular weight is 607 g/mol. The number of nitrogens with zero attached hydrogens (tertiary/aromatic N) is 2. The normalized spacial score (nSPS) is 12.0. The second kappa shape index (κ2) is 12.6. The Morgan fingerprint density at radius 1 is 0.973 bits per heavy atom. The Morgan fingerprint density at radius 2 is 1.62 bits per heavy atom. The Balaban J connectivity index is 2.05. The number of benzene rings is 3. The summed E-state index contributed by atoms with van der Waals surface area (Å²) in [5.41, 5.74) is 2.51. The largest absolute Gasteiger partial charge is 0.357 e. The molecule has 2 amide bonds. The molecule has 1 N–H and O–H groups in total. The molecule has 37 heavy (non-hydrogen) atoms. The van der Waals surface area contributed by atoms with Crippen molar-refractivity contribution in [3.63, 3.8) is 0 Å². The number of anilines is 1. The number of hydrogen-bond donors (Lipinski definition) is 1. The van der Waals surface area contributed by atoms with Crippen LogP contribution < -0.4 is 9.62 Å². The summed E-state index contributed by atoms with van der Waals surface area (Å²) in [6.45, 7) is 1.32. The van der Waals surface area contributed by atoms with E-state index in [1.54, 1.807) is 25.1 Å². The van der Waals surface area contributed by atoms with E-state index in [0.29, 0.717) is 16.3 Å². The van der Waals surface area contributed by atoms with Gasteiger partial charge in [-0.3, -0.25) is 13.9 Å². The van der Waals surface area contributed by atoms with Gasteiger partial charge in [-0.05, 0) is 47.9 Å². The summed E-state index contributed by atoms with van der Waals surface area (Å²) in [5, 5.41) is 3.04. The maximum Gasteiger partial charge on any atom is 0.244 e. The van der Waals surface area contributed by atoms with Gasteiger partial charge < -0.3 is 10.2 Å². The minimum Gasteiger partial charge on any atom is -0.357 e. The van der Waals surface area contributed by atoms with Crippen LogP contribution in [-0.4, -0.2) is 51.0 Å². The molecule has 0 saturated carbocycles. The quantitative estimate of drug-likeness (QED) is 0.367. The molecule has 196 valence electrons. The first kappa shape index (κ1) is 28.7. The molecule has 3 aromatic carbocycles. The van der Waals surface area contributed by atoms with E-state index in [1.807, 2.05) is 54.6 Å². The van der Waals surface area contributed by atoms with Crippen LogP contribution in [0.2, 0.25) is 5.02 Å². The highest BCUT2D eigenvalue weighted by Gasteiger charge is 2.33. The second-order valence-electron chi connectivity index (χ2n) is 8.62. The van der Waals surface area contributed by atoms with Gasteiger partial charge in [-0.25, -0.2) is 8.42 Å². The molecular formula is C27H29BrClN3O4S. The van der Waals surface area contributed by atoms with Gasteiger partial charge in [-0.15, -0.1) is 0 Å². The summed E-state index contributed by atoms with van der Waals surface area (Å²) < 4.78 is 27.6. The van der Waals surface area contributed by atoms with Crippen LogP contribution in [0, 0.1) is 6.92 Å². The van der Waals surface area contributed by atoms with E-state index in [0.717, 1.165) is 26.2 Å². The van der Waals surface area contributed by atoms with E-state index in [4.69, 9.17) is 11.6 Å². The van der Waals surface area contributed by atoms with Gasteiger partial charge in [-0.2, -0.15) is 0 Å². The third-order valence-corrected chi connectivity index (χ3v) is 8.04. The van der Waals surface area contributed by atoms with Crippen LogP contribution in [0.15, 0.2) is 77.3 Å².